The molecule has 2 rings (SSSR count). The standard InChI is InChI=1S/C23H30ClN3S/c1-7-8-9-21-22(17(5)18(6)28-21)23(19-10-12-20(24)13-11-19)25-14-16(4)27-26-15(2)3/h10-13H,7-9,14H2,1-6H3/b25-23?,27-16+. The average molecular weight is 416 g/mol. The Morgan fingerprint density at radius 3 is 2.32 bits per heavy atom. The fourth-order valence-electron chi connectivity index (χ4n) is 2.85. The summed E-state index contributed by atoms with van der Waals surface area (Å²) >= 11 is 8.02. The van der Waals surface area contributed by atoms with Crippen molar-refractivity contribution in [3.8, 4) is 0 Å². The molecule has 1 heterocycles. The number of rotatable bonds is 8. The first-order valence-electron chi connectivity index (χ1n) is 9.77. The Kier molecular flexibility index (Phi) is 8.58. The van der Waals surface area contributed by atoms with Gasteiger partial charge in [0.05, 0.1) is 18.0 Å². The fraction of sp³-hybridized carbons (Fsp3) is 0.435. The maximum absolute atomic E-state index is 6.12. The van der Waals surface area contributed by atoms with Gasteiger partial charge in [-0.05, 0) is 65.2 Å². The van der Waals surface area contributed by atoms with E-state index in [9.17, 15) is 0 Å². The summed E-state index contributed by atoms with van der Waals surface area (Å²) in [7, 11) is 0. The molecule has 0 radical (unpaired) electrons. The van der Waals surface area contributed by atoms with E-state index < -0.39 is 0 Å². The predicted molar refractivity (Wildman–Crippen MR) is 126 cm³/mol. The molecule has 0 saturated carbocycles. The number of unbranched alkanes of at least 4 members (excludes halogenated alkanes) is 1. The van der Waals surface area contributed by atoms with Crippen LogP contribution in [-0.2, 0) is 6.42 Å². The van der Waals surface area contributed by atoms with Crippen LogP contribution in [0.1, 0.15) is 67.0 Å². The second kappa shape index (κ2) is 10.7. The maximum atomic E-state index is 6.12. The molecule has 2 aromatic rings. The van der Waals surface area contributed by atoms with Crippen molar-refractivity contribution >= 4 is 40.1 Å². The lowest BCUT2D eigenvalue weighted by molar-refractivity contribution is 0.803. The van der Waals surface area contributed by atoms with Crippen LogP contribution in [0.4, 0.5) is 0 Å². The van der Waals surface area contributed by atoms with E-state index in [2.05, 4.69) is 43.1 Å². The van der Waals surface area contributed by atoms with Gasteiger partial charge in [-0.15, -0.1) is 11.3 Å². The smallest absolute Gasteiger partial charge is 0.0795 e. The fourth-order valence-corrected chi connectivity index (χ4v) is 4.20. The first-order chi connectivity index (χ1) is 13.3. The topological polar surface area (TPSA) is 37.1 Å². The molecular formula is C23H30ClN3S. The van der Waals surface area contributed by atoms with Crippen molar-refractivity contribution in [2.24, 2.45) is 15.2 Å². The van der Waals surface area contributed by atoms with Crippen LogP contribution < -0.4 is 0 Å². The van der Waals surface area contributed by atoms with Crippen LogP contribution >= 0.6 is 22.9 Å². The van der Waals surface area contributed by atoms with E-state index in [0.29, 0.717) is 6.54 Å². The monoisotopic (exact) mass is 415 g/mol. The van der Waals surface area contributed by atoms with Gasteiger partial charge in [0.1, 0.15) is 0 Å². The zero-order valence-corrected chi connectivity index (χ0v) is 19.3. The van der Waals surface area contributed by atoms with Crippen molar-refractivity contribution in [2.75, 3.05) is 6.54 Å². The van der Waals surface area contributed by atoms with Crippen LogP contribution in [0.3, 0.4) is 0 Å². The second-order valence-electron chi connectivity index (χ2n) is 7.24. The molecule has 0 bridgehead atoms. The molecule has 28 heavy (non-hydrogen) atoms. The zero-order chi connectivity index (χ0) is 20.7. The van der Waals surface area contributed by atoms with Crippen molar-refractivity contribution in [3.05, 3.63) is 55.7 Å². The minimum Gasteiger partial charge on any atom is -0.278 e. The highest BCUT2D eigenvalue weighted by Gasteiger charge is 2.19. The Bertz CT molecular complexity index is 885. The highest BCUT2D eigenvalue weighted by atomic mass is 35.5. The summed E-state index contributed by atoms with van der Waals surface area (Å²) in [5.74, 6) is 0. The van der Waals surface area contributed by atoms with Crippen molar-refractivity contribution in [1.82, 2.24) is 0 Å². The maximum Gasteiger partial charge on any atom is 0.0795 e. The molecule has 0 saturated heterocycles. The Hall–Kier alpha value is -1.78. The van der Waals surface area contributed by atoms with Crippen molar-refractivity contribution < 1.29 is 0 Å². The van der Waals surface area contributed by atoms with Crippen LogP contribution in [-0.4, -0.2) is 23.7 Å². The quantitative estimate of drug-likeness (QED) is 0.327. The van der Waals surface area contributed by atoms with Crippen molar-refractivity contribution in [3.63, 3.8) is 0 Å². The Labute approximate surface area is 178 Å². The van der Waals surface area contributed by atoms with Crippen LogP contribution in [0.15, 0.2) is 39.5 Å². The van der Waals surface area contributed by atoms with Crippen molar-refractivity contribution in [1.29, 1.82) is 0 Å². The number of nitrogens with zero attached hydrogens (tertiary/aromatic N) is 3. The number of aryl methyl sites for hydroxylation is 2. The van der Waals surface area contributed by atoms with Crippen LogP contribution in [0, 0.1) is 13.8 Å². The molecule has 5 heteroatoms. The van der Waals surface area contributed by atoms with E-state index in [1.807, 2.05) is 44.2 Å². The summed E-state index contributed by atoms with van der Waals surface area (Å²) in [5.41, 5.74) is 6.55. The van der Waals surface area contributed by atoms with Crippen LogP contribution in [0.5, 0.6) is 0 Å². The Balaban J connectivity index is 2.53. The lowest BCUT2D eigenvalue weighted by Crippen LogP contribution is -2.10. The van der Waals surface area contributed by atoms with Gasteiger partial charge in [0.15, 0.2) is 0 Å². The molecule has 3 nitrogen and oxygen atoms in total. The third-order valence-corrected chi connectivity index (χ3v) is 5.98. The second-order valence-corrected chi connectivity index (χ2v) is 8.98. The molecule has 0 unspecified atom stereocenters. The van der Waals surface area contributed by atoms with E-state index in [1.165, 1.54) is 33.7 Å². The lowest BCUT2D eigenvalue weighted by Gasteiger charge is -2.11. The van der Waals surface area contributed by atoms with Gasteiger partial charge in [0, 0.05) is 31.6 Å². The number of hydrogen-bond acceptors (Lipinski definition) is 4. The van der Waals surface area contributed by atoms with E-state index in [0.717, 1.165) is 34.1 Å². The molecular weight excluding hydrogens is 386 g/mol. The van der Waals surface area contributed by atoms with E-state index in [-0.39, 0.29) is 0 Å². The van der Waals surface area contributed by atoms with Crippen LogP contribution in [0.2, 0.25) is 5.02 Å². The summed E-state index contributed by atoms with van der Waals surface area (Å²) in [4.78, 5) is 7.77. The highest BCUT2D eigenvalue weighted by Crippen LogP contribution is 2.31. The molecule has 0 aliphatic carbocycles. The van der Waals surface area contributed by atoms with Gasteiger partial charge in [-0.3, -0.25) is 4.99 Å². The van der Waals surface area contributed by atoms with Crippen molar-refractivity contribution in [2.45, 2.75) is 60.8 Å². The lowest BCUT2D eigenvalue weighted by atomic mass is 9.96. The number of benzene rings is 1. The van der Waals surface area contributed by atoms with Gasteiger partial charge in [-0.25, -0.2) is 0 Å². The van der Waals surface area contributed by atoms with E-state index in [4.69, 9.17) is 16.6 Å². The third-order valence-electron chi connectivity index (χ3n) is 4.46. The molecule has 0 aliphatic heterocycles. The molecule has 0 spiro atoms. The summed E-state index contributed by atoms with van der Waals surface area (Å²) in [6.45, 7) is 13.0. The number of hydrogen-bond donors (Lipinski definition) is 0. The number of aliphatic imine (C=N–C) groups is 1. The molecule has 0 aliphatic rings. The molecule has 0 atom stereocenters. The molecule has 0 fully saturated rings. The largest absolute Gasteiger partial charge is 0.278 e. The number of halogens is 1. The Morgan fingerprint density at radius 1 is 1.04 bits per heavy atom. The minimum atomic E-state index is 0.524. The first-order valence-corrected chi connectivity index (χ1v) is 11.0. The van der Waals surface area contributed by atoms with Crippen LogP contribution in [0.25, 0.3) is 0 Å². The van der Waals surface area contributed by atoms with Gasteiger partial charge >= 0.3 is 0 Å². The number of thiophene rings is 1. The van der Waals surface area contributed by atoms with Gasteiger partial charge in [0.2, 0.25) is 0 Å². The van der Waals surface area contributed by atoms with Gasteiger partial charge < -0.3 is 0 Å². The molecule has 1 aromatic carbocycles. The summed E-state index contributed by atoms with van der Waals surface area (Å²) < 4.78 is 0. The normalized spacial score (nSPS) is 12.4. The predicted octanol–water partition coefficient (Wildman–Crippen LogP) is 7.06. The third kappa shape index (κ3) is 6.11. The summed E-state index contributed by atoms with van der Waals surface area (Å²) in [5, 5.41) is 9.17. The van der Waals surface area contributed by atoms with Gasteiger partial charge in [0.25, 0.3) is 0 Å². The SMILES string of the molecule is CCCCc1sc(C)c(C)c1C(=NC/C(C)=N/N=C(C)C)c1ccc(Cl)cc1. The summed E-state index contributed by atoms with van der Waals surface area (Å²) in [6.07, 6.45) is 3.46. The highest BCUT2D eigenvalue weighted by molar-refractivity contribution is 7.12. The molecule has 150 valence electrons. The zero-order valence-electron chi connectivity index (χ0n) is 17.8. The minimum absolute atomic E-state index is 0.524. The Morgan fingerprint density at radius 2 is 1.71 bits per heavy atom. The van der Waals surface area contributed by atoms with Gasteiger partial charge in [-0.2, -0.15) is 10.2 Å². The molecule has 0 N–H and O–H groups in total. The molecule has 1 aromatic heterocycles. The first kappa shape index (κ1) is 22.5. The molecule has 0 amide bonds. The van der Waals surface area contributed by atoms with E-state index >= 15 is 0 Å². The van der Waals surface area contributed by atoms with Gasteiger partial charge in [-0.1, -0.05) is 37.1 Å². The average Bonchev–Trinajstić information content (AvgIpc) is 2.94. The summed E-state index contributed by atoms with van der Waals surface area (Å²) in [6, 6.07) is 7.97. The van der Waals surface area contributed by atoms with E-state index in [1.54, 1.807) is 0 Å².